The Kier molecular flexibility index (Phi) is 5.77. The Morgan fingerprint density at radius 3 is 2.18 bits per heavy atom. The third-order valence-corrected chi connectivity index (χ3v) is 3.86. The summed E-state index contributed by atoms with van der Waals surface area (Å²) in [5.41, 5.74) is 0.358. The highest BCUT2D eigenvalue weighted by Crippen LogP contribution is 2.32. The SMILES string of the molecule is CSCCC(Oc1ccc(C(F)(F)F)cc1)c1ccccc1. The second-order valence-electron chi connectivity index (χ2n) is 4.82. The van der Waals surface area contributed by atoms with Crippen molar-refractivity contribution in [1.82, 2.24) is 0 Å². The smallest absolute Gasteiger partial charge is 0.416 e. The lowest BCUT2D eigenvalue weighted by atomic mass is 10.1. The van der Waals surface area contributed by atoms with Gasteiger partial charge in [0.1, 0.15) is 11.9 Å². The van der Waals surface area contributed by atoms with Crippen molar-refractivity contribution in [2.24, 2.45) is 0 Å². The fourth-order valence-corrected chi connectivity index (χ4v) is 2.52. The number of rotatable bonds is 6. The summed E-state index contributed by atoms with van der Waals surface area (Å²) in [5, 5.41) is 0. The first-order valence-corrected chi connectivity index (χ1v) is 8.28. The van der Waals surface area contributed by atoms with Gasteiger partial charge in [0.05, 0.1) is 5.56 Å². The molecule has 0 spiro atoms. The van der Waals surface area contributed by atoms with Crippen LogP contribution in [0.25, 0.3) is 0 Å². The van der Waals surface area contributed by atoms with E-state index in [1.54, 1.807) is 11.8 Å². The maximum Gasteiger partial charge on any atom is 0.416 e. The van der Waals surface area contributed by atoms with Crippen LogP contribution in [-0.4, -0.2) is 12.0 Å². The largest absolute Gasteiger partial charge is 0.486 e. The number of halogens is 3. The van der Waals surface area contributed by atoms with Crippen LogP contribution in [0.15, 0.2) is 54.6 Å². The van der Waals surface area contributed by atoms with Crippen LogP contribution in [0.4, 0.5) is 13.2 Å². The second kappa shape index (κ2) is 7.58. The van der Waals surface area contributed by atoms with Crippen LogP contribution in [0.3, 0.4) is 0 Å². The van der Waals surface area contributed by atoms with Crippen molar-refractivity contribution in [2.75, 3.05) is 12.0 Å². The summed E-state index contributed by atoms with van der Waals surface area (Å²) in [5.74, 6) is 1.36. The van der Waals surface area contributed by atoms with E-state index in [4.69, 9.17) is 4.74 Å². The Bertz CT molecular complexity index is 567. The van der Waals surface area contributed by atoms with E-state index in [9.17, 15) is 13.2 Å². The highest BCUT2D eigenvalue weighted by molar-refractivity contribution is 7.98. The minimum absolute atomic E-state index is 0.162. The predicted molar refractivity (Wildman–Crippen MR) is 84.3 cm³/mol. The molecular weight excluding hydrogens is 309 g/mol. The van der Waals surface area contributed by atoms with Crippen molar-refractivity contribution in [3.63, 3.8) is 0 Å². The molecule has 0 saturated carbocycles. The fraction of sp³-hybridized carbons (Fsp3) is 0.294. The summed E-state index contributed by atoms with van der Waals surface area (Å²) in [4.78, 5) is 0. The fourth-order valence-electron chi connectivity index (χ4n) is 2.07. The van der Waals surface area contributed by atoms with Gasteiger partial charge < -0.3 is 4.74 Å². The quantitative estimate of drug-likeness (QED) is 0.685. The molecule has 1 atom stereocenters. The number of hydrogen-bond acceptors (Lipinski definition) is 2. The lowest BCUT2D eigenvalue weighted by Crippen LogP contribution is -2.09. The molecule has 0 aliphatic heterocycles. The van der Waals surface area contributed by atoms with Gasteiger partial charge in [0, 0.05) is 0 Å². The van der Waals surface area contributed by atoms with E-state index in [0.717, 1.165) is 29.9 Å². The van der Waals surface area contributed by atoms with Crippen LogP contribution in [0.1, 0.15) is 23.7 Å². The minimum atomic E-state index is -4.32. The molecule has 5 heteroatoms. The molecular formula is C17H17F3OS. The maximum absolute atomic E-state index is 12.6. The zero-order valence-electron chi connectivity index (χ0n) is 12.1. The van der Waals surface area contributed by atoms with Gasteiger partial charge in [0.15, 0.2) is 0 Å². The van der Waals surface area contributed by atoms with E-state index in [1.165, 1.54) is 12.1 Å². The molecule has 2 aromatic rings. The van der Waals surface area contributed by atoms with Gasteiger partial charge in [-0.1, -0.05) is 30.3 Å². The zero-order chi connectivity index (χ0) is 16.0. The molecule has 118 valence electrons. The molecule has 0 aromatic heterocycles. The third kappa shape index (κ3) is 4.70. The summed E-state index contributed by atoms with van der Waals surface area (Å²) in [6.07, 6.45) is -1.67. The van der Waals surface area contributed by atoms with Crippen molar-refractivity contribution in [3.05, 3.63) is 65.7 Å². The number of alkyl halides is 3. The molecule has 1 unspecified atom stereocenters. The number of hydrogen-bond donors (Lipinski definition) is 0. The molecule has 0 saturated heterocycles. The highest BCUT2D eigenvalue weighted by atomic mass is 32.2. The molecule has 0 fully saturated rings. The molecule has 0 aliphatic rings. The molecule has 0 radical (unpaired) electrons. The predicted octanol–water partition coefficient (Wildman–Crippen LogP) is 5.58. The van der Waals surface area contributed by atoms with Gasteiger partial charge in [0.2, 0.25) is 0 Å². The third-order valence-electron chi connectivity index (χ3n) is 3.22. The Hall–Kier alpha value is -1.62. The van der Waals surface area contributed by atoms with Gasteiger partial charge in [-0.2, -0.15) is 24.9 Å². The Balaban J connectivity index is 2.13. The summed E-state index contributed by atoms with van der Waals surface area (Å²) in [6, 6.07) is 14.6. The number of benzene rings is 2. The lowest BCUT2D eigenvalue weighted by molar-refractivity contribution is -0.137. The number of ether oxygens (including phenoxy) is 1. The topological polar surface area (TPSA) is 9.23 Å². The van der Waals surface area contributed by atoms with Crippen LogP contribution in [0.2, 0.25) is 0 Å². The van der Waals surface area contributed by atoms with Crippen LogP contribution >= 0.6 is 11.8 Å². The molecule has 0 heterocycles. The van der Waals surface area contributed by atoms with Crippen molar-refractivity contribution in [2.45, 2.75) is 18.7 Å². The molecule has 1 nitrogen and oxygen atoms in total. The van der Waals surface area contributed by atoms with Gasteiger partial charge in [-0.05, 0) is 48.3 Å². The van der Waals surface area contributed by atoms with E-state index in [1.807, 2.05) is 36.6 Å². The van der Waals surface area contributed by atoms with Gasteiger partial charge in [0.25, 0.3) is 0 Å². The van der Waals surface area contributed by atoms with Crippen molar-refractivity contribution in [1.29, 1.82) is 0 Å². The van der Waals surface area contributed by atoms with Gasteiger partial charge in [-0.25, -0.2) is 0 Å². The van der Waals surface area contributed by atoms with E-state index in [2.05, 4.69) is 0 Å². The van der Waals surface area contributed by atoms with Crippen LogP contribution < -0.4 is 4.74 Å². The summed E-state index contributed by atoms with van der Waals surface area (Å²) < 4.78 is 43.6. The van der Waals surface area contributed by atoms with Crippen LogP contribution in [0.5, 0.6) is 5.75 Å². The minimum Gasteiger partial charge on any atom is -0.486 e. The van der Waals surface area contributed by atoms with E-state index in [0.29, 0.717) is 5.75 Å². The molecule has 0 amide bonds. The van der Waals surface area contributed by atoms with Gasteiger partial charge >= 0.3 is 6.18 Å². The zero-order valence-corrected chi connectivity index (χ0v) is 13.0. The monoisotopic (exact) mass is 326 g/mol. The second-order valence-corrected chi connectivity index (χ2v) is 5.81. The van der Waals surface area contributed by atoms with Crippen molar-refractivity contribution >= 4 is 11.8 Å². The van der Waals surface area contributed by atoms with E-state index in [-0.39, 0.29) is 6.10 Å². The highest BCUT2D eigenvalue weighted by Gasteiger charge is 2.30. The summed E-state index contributed by atoms with van der Waals surface area (Å²) >= 11 is 1.71. The van der Waals surface area contributed by atoms with Crippen molar-refractivity contribution < 1.29 is 17.9 Å². The first kappa shape index (κ1) is 16.7. The summed E-state index contributed by atoms with van der Waals surface area (Å²) in [7, 11) is 0. The van der Waals surface area contributed by atoms with Crippen LogP contribution in [-0.2, 0) is 6.18 Å². The maximum atomic E-state index is 12.6. The van der Waals surface area contributed by atoms with Crippen molar-refractivity contribution in [3.8, 4) is 5.75 Å². The average Bonchev–Trinajstić information content (AvgIpc) is 2.52. The van der Waals surface area contributed by atoms with Gasteiger partial charge in [-0.15, -0.1) is 0 Å². The molecule has 0 aliphatic carbocycles. The normalized spacial score (nSPS) is 12.9. The molecule has 2 rings (SSSR count). The van der Waals surface area contributed by atoms with E-state index >= 15 is 0 Å². The molecule has 22 heavy (non-hydrogen) atoms. The first-order chi connectivity index (χ1) is 10.5. The summed E-state index contributed by atoms with van der Waals surface area (Å²) in [6.45, 7) is 0. The molecule has 2 aromatic carbocycles. The van der Waals surface area contributed by atoms with Gasteiger partial charge in [-0.3, -0.25) is 0 Å². The Morgan fingerprint density at radius 1 is 1.00 bits per heavy atom. The number of thioether (sulfide) groups is 1. The average molecular weight is 326 g/mol. The Labute approximate surface area is 132 Å². The standard InChI is InChI=1S/C17H17F3OS/c1-22-12-11-16(13-5-3-2-4-6-13)21-15-9-7-14(8-10-15)17(18,19)20/h2-10,16H,11-12H2,1H3. The first-order valence-electron chi connectivity index (χ1n) is 6.88. The van der Waals surface area contributed by atoms with E-state index < -0.39 is 11.7 Å². The molecule has 0 N–H and O–H groups in total. The Morgan fingerprint density at radius 2 is 1.64 bits per heavy atom. The van der Waals surface area contributed by atoms with Crippen LogP contribution in [0, 0.1) is 0 Å². The molecule has 0 bridgehead atoms. The lowest BCUT2D eigenvalue weighted by Gasteiger charge is -2.19.